The van der Waals surface area contributed by atoms with Gasteiger partial charge in [0.05, 0.1) is 11.0 Å². The molecular formula is C32H43N3O2. The molecule has 3 heterocycles. The molecule has 3 aliphatic carbocycles. The minimum atomic E-state index is -0.230. The molecule has 37 heavy (non-hydrogen) atoms. The molecule has 5 heteroatoms. The van der Waals surface area contributed by atoms with E-state index in [-0.39, 0.29) is 23.1 Å². The molecule has 198 valence electrons. The molecule has 4 bridgehead atoms. The zero-order valence-electron chi connectivity index (χ0n) is 22.5. The van der Waals surface area contributed by atoms with Gasteiger partial charge in [0.25, 0.3) is 5.56 Å². The Labute approximate surface area is 221 Å². The second-order valence-electron chi connectivity index (χ2n) is 13.4. The van der Waals surface area contributed by atoms with Gasteiger partial charge in [-0.15, -0.1) is 0 Å². The largest absolute Gasteiger partial charge is 0.302 e. The number of carbonyl (C=O) groups is 1. The average Bonchev–Trinajstić information content (AvgIpc) is 3.42. The first-order valence-corrected chi connectivity index (χ1v) is 15.3. The zero-order chi connectivity index (χ0) is 25.1. The second-order valence-corrected chi connectivity index (χ2v) is 13.4. The van der Waals surface area contributed by atoms with Crippen LogP contribution in [0.5, 0.6) is 0 Å². The van der Waals surface area contributed by atoms with Crippen molar-refractivity contribution < 1.29 is 4.79 Å². The molecule has 7 rings (SSSR count). The van der Waals surface area contributed by atoms with Gasteiger partial charge in [-0.05, 0) is 93.6 Å². The molecule has 2 aliphatic heterocycles. The summed E-state index contributed by atoms with van der Waals surface area (Å²) >= 11 is 0. The molecule has 7 atom stereocenters. The third kappa shape index (κ3) is 4.30. The van der Waals surface area contributed by atoms with Crippen LogP contribution in [0.25, 0.3) is 11.0 Å². The summed E-state index contributed by atoms with van der Waals surface area (Å²) in [7, 11) is 0. The van der Waals surface area contributed by atoms with Gasteiger partial charge in [0.15, 0.2) is 11.5 Å². The fourth-order valence-corrected chi connectivity index (χ4v) is 9.87. The van der Waals surface area contributed by atoms with E-state index in [1.165, 1.54) is 84.0 Å². The van der Waals surface area contributed by atoms with Crippen LogP contribution in [-0.2, 0) is 0 Å². The van der Waals surface area contributed by atoms with Gasteiger partial charge in [-0.3, -0.25) is 14.5 Å². The summed E-state index contributed by atoms with van der Waals surface area (Å²) < 4.78 is 1.96. The minimum absolute atomic E-state index is 0.100. The fourth-order valence-electron chi connectivity index (χ4n) is 9.87. The molecule has 3 unspecified atom stereocenters. The van der Waals surface area contributed by atoms with Crippen LogP contribution in [-0.4, -0.2) is 38.4 Å². The van der Waals surface area contributed by atoms with E-state index in [0.29, 0.717) is 12.1 Å². The monoisotopic (exact) mass is 501 g/mol. The number of hydrogen-bond donors (Lipinski definition) is 0. The van der Waals surface area contributed by atoms with Gasteiger partial charge in [-0.2, -0.15) is 0 Å². The molecule has 0 amide bonds. The number of piperidine rings is 2. The Morgan fingerprint density at radius 3 is 2.11 bits per heavy atom. The molecule has 1 aromatic carbocycles. The molecule has 0 radical (unpaired) electrons. The van der Waals surface area contributed by atoms with Crippen LogP contribution < -0.4 is 5.56 Å². The Morgan fingerprint density at radius 2 is 1.43 bits per heavy atom. The predicted octanol–water partition coefficient (Wildman–Crippen LogP) is 6.54. The van der Waals surface area contributed by atoms with Crippen molar-refractivity contribution in [2.75, 3.05) is 0 Å². The van der Waals surface area contributed by atoms with E-state index in [2.05, 4.69) is 9.88 Å². The number of fused-ring (bicyclic) bond motifs is 5. The number of hydrogen-bond acceptors (Lipinski definition) is 4. The number of rotatable bonds is 4. The van der Waals surface area contributed by atoms with Gasteiger partial charge in [-0.25, -0.2) is 4.98 Å². The summed E-state index contributed by atoms with van der Waals surface area (Å²) in [4.78, 5) is 33.3. The quantitative estimate of drug-likeness (QED) is 0.446. The SMILES string of the molecule is CC(=O)c1nc2ccccc2n(C2C[C@H]3CCC[C@@H](C2)N3C2C[C@H]3CC(C4CCCC4)C[C@@H](C2)C3)c1=O. The normalized spacial score (nSPS) is 36.6. The maximum Gasteiger partial charge on any atom is 0.280 e. The first-order chi connectivity index (χ1) is 18.0. The lowest BCUT2D eigenvalue weighted by molar-refractivity contribution is -0.0560. The Morgan fingerprint density at radius 1 is 0.757 bits per heavy atom. The van der Waals surface area contributed by atoms with Crippen LogP contribution in [0.4, 0.5) is 0 Å². The molecule has 3 saturated carbocycles. The summed E-state index contributed by atoms with van der Waals surface area (Å²) in [6.45, 7) is 1.47. The third-order valence-electron chi connectivity index (χ3n) is 11.1. The predicted molar refractivity (Wildman–Crippen MR) is 147 cm³/mol. The van der Waals surface area contributed by atoms with E-state index in [0.717, 1.165) is 53.6 Å². The summed E-state index contributed by atoms with van der Waals surface area (Å²) in [6.07, 6.45) is 19.1. The number of ketones is 1. The van der Waals surface area contributed by atoms with Gasteiger partial charge in [0.1, 0.15) is 0 Å². The van der Waals surface area contributed by atoms with E-state index in [4.69, 9.17) is 0 Å². The third-order valence-corrected chi connectivity index (χ3v) is 11.1. The lowest BCUT2D eigenvalue weighted by Crippen LogP contribution is -2.59. The number of para-hydroxylation sites is 2. The minimum Gasteiger partial charge on any atom is -0.302 e. The molecule has 5 aliphatic rings. The van der Waals surface area contributed by atoms with E-state index in [9.17, 15) is 9.59 Å². The maximum absolute atomic E-state index is 13.6. The van der Waals surface area contributed by atoms with Crippen LogP contribution in [0, 0.1) is 23.7 Å². The average molecular weight is 502 g/mol. The van der Waals surface area contributed by atoms with Crippen molar-refractivity contribution in [3.63, 3.8) is 0 Å². The van der Waals surface area contributed by atoms with Crippen LogP contribution in [0.1, 0.15) is 113 Å². The van der Waals surface area contributed by atoms with Crippen molar-refractivity contribution in [3.8, 4) is 0 Å². The summed E-state index contributed by atoms with van der Waals surface area (Å²) in [5, 5.41) is 0. The zero-order valence-corrected chi connectivity index (χ0v) is 22.5. The highest BCUT2D eigenvalue weighted by molar-refractivity contribution is 5.93. The smallest absolute Gasteiger partial charge is 0.280 e. The summed E-state index contributed by atoms with van der Waals surface area (Å²) in [5.41, 5.74) is 1.56. The number of benzene rings is 1. The fraction of sp³-hybridized carbons (Fsp3) is 0.719. The standard InChI is InChI=1S/C32H43N3O2/c1-20(36)31-32(37)35(30-12-5-4-11-29(30)33-31)28-18-25-9-6-10-26(19-28)34(25)27-16-21-13-22(17-27)15-24(14-21)23-7-2-3-8-23/h4-5,11-12,21-28H,2-3,6-10,13-19H2,1H3/t21-,22+,24?,25-,26+,27?,28?. The van der Waals surface area contributed by atoms with Gasteiger partial charge in [0.2, 0.25) is 0 Å². The van der Waals surface area contributed by atoms with Gasteiger partial charge < -0.3 is 4.57 Å². The van der Waals surface area contributed by atoms with E-state index >= 15 is 0 Å². The first kappa shape index (κ1) is 24.1. The van der Waals surface area contributed by atoms with Crippen molar-refractivity contribution in [1.82, 2.24) is 14.5 Å². The van der Waals surface area contributed by atoms with Crippen molar-refractivity contribution in [1.29, 1.82) is 0 Å². The number of Topliss-reactive ketones (excluding diaryl/α,β-unsaturated/α-hetero) is 1. The maximum atomic E-state index is 13.6. The van der Waals surface area contributed by atoms with E-state index < -0.39 is 0 Å². The molecule has 5 fully saturated rings. The van der Waals surface area contributed by atoms with Crippen LogP contribution >= 0.6 is 0 Å². The van der Waals surface area contributed by atoms with Crippen LogP contribution in [0.15, 0.2) is 29.1 Å². The number of carbonyl (C=O) groups excluding carboxylic acids is 1. The Kier molecular flexibility index (Phi) is 6.26. The van der Waals surface area contributed by atoms with Crippen molar-refractivity contribution in [2.45, 2.75) is 121 Å². The van der Waals surface area contributed by atoms with Crippen molar-refractivity contribution >= 4 is 16.8 Å². The molecule has 0 spiro atoms. The highest BCUT2D eigenvalue weighted by atomic mass is 16.1. The molecule has 2 aromatic rings. The Balaban J connectivity index is 1.14. The van der Waals surface area contributed by atoms with Crippen molar-refractivity contribution in [2.24, 2.45) is 23.7 Å². The van der Waals surface area contributed by atoms with Gasteiger partial charge in [0, 0.05) is 31.1 Å². The molecule has 1 aromatic heterocycles. The summed E-state index contributed by atoms with van der Waals surface area (Å²) in [5.74, 6) is 3.69. The van der Waals surface area contributed by atoms with Crippen LogP contribution in [0.3, 0.4) is 0 Å². The number of aromatic nitrogens is 2. The molecular weight excluding hydrogens is 458 g/mol. The van der Waals surface area contributed by atoms with E-state index in [1.807, 2.05) is 28.8 Å². The molecule has 2 saturated heterocycles. The highest BCUT2D eigenvalue weighted by Crippen LogP contribution is 2.51. The van der Waals surface area contributed by atoms with Crippen LogP contribution in [0.2, 0.25) is 0 Å². The van der Waals surface area contributed by atoms with E-state index in [1.54, 1.807) is 0 Å². The summed E-state index contributed by atoms with van der Waals surface area (Å²) in [6, 6.07) is 9.90. The lowest BCUT2D eigenvalue weighted by Gasteiger charge is -2.56. The number of nitrogens with zero attached hydrogens (tertiary/aromatic N) is 3. The second kappa shape index (κ2) is 9.63. The first-order valence-electron chi connectivity index (χ1n) is 15.3. The van der Waals surface area contributed by atoms with Crippen molar-refractivity contribution in [3.05, 3.63) is 40.3 Å². The lowest BCUT2D eigenvalue weighted by atomic mass is 9.62. The van der Waals surface area contributed by atoms with Gasteiger partial charge >= 0.3 is 0 Å². The molecule has 5 nitrogen and oxygen atoms in total. The topological polar surface area (TPSA) is 55.2 Å². The molecule has 0 N–H and O–H groups in total. The Bertz CT molecular complexity index is 1200. The highest BCUT2D eigenvalue weighted by Gasteiger charge is 2.47. The Hall–Kier alpha value is -2.01. The van der Waals surface area contributed by atoms with Gasteiger partial charge in [-0.1, -0.05) is 44.2 Å².